The summed E-state index contributed by atoms with van der Waals surface area (Å²) < 4.78 is 34.0. The van der Waals surface area contributed by atoms with Crippen molar-refractivity contribution in [1.29, 1.82) is 0 Å². The van der Waals surface area contributed by atoms with E-state index in [1.54, 1.807) is 0 Å². The SMILES string of the molecule is NCCCCOCC/C=C/c1cccc(COCCOCCCCCOCCOCCOCCCCC2=CCC=C2)c1. The fourth-order valence-electron chi connectivity index (χ4n) is 4.37. The van der Waals surface area contributed by atoms with E-state index < -0.39 is 0 Å². The molecule has 0 amide bonds. The summed E-state index contributed by atoms with van der Waals surface area (Å²) in [5.74, 6) is 0. The van der Waals surface area contributed by atoms with E-state index in [0.29, 0.717) is 46.2 Å². The summed E-state index contributed by atoms with van der Waals surface area (Å²) in [4.78, 5) is 0. The molecule has 2 rings (SSSR count). The molecular weight excluding hydrogens is 530 g/mol. The number of nitrogens with two attached hydrogens (primary N) is 1. The first-order valence-electron chi connectivity index (χ1n) is 16.2. The molecule has 0 fully saturated rings. The lowest BCUT2D eigenvalue weighted by molar-refractivity contribution is 0.0126. The molecule has 2 N–H and O–H groups in total. The molecule has 0 aliphatic heterocycles. The summed E-state index contributed by atoms with van der Waals surface area (Å²) in [5.41, 5.74) is 9.31. The molecule has 0 spiro atoms. The Balaban J connectivity index is 1.27. The van der Waals surface area contributed by atoms with Crippen molar-refractivity contribution in [2.24, 2.45) is 5.73 Å². The normalized spacial score (nSPS) is 13.0. The van der Waals surface area contributed by atoms with Gasteiger partial charge < -0.3 is 34.2 Å². The van der Waals surface area contributed by atoms with Gasteiger partial charge in [0.2, 0.25) is 0 Å². The van der Waals surface area contributed by atoms with E-state index in [2.05, 4.69) is 54.6 Å². The van der Waals surface area contributed by atoms with Crippen molar-refractivity contribution >= 4 is 6.08 Å². The minimum atomic E-state index is 0.597. The minimum absolute atomic E-state index is 0.597. The smallest absolute Gasteiger partial charge is 0.0718 e. The molecular formula is C35H57NO6. The van der Waals surface area contributed by atoms with E-state index in [0.717, 1.165) is 90.9 Å². The molecule has 238 valence electrons. The zero-order valence-corrected chi connectivity index (χ0v) is 26.0. The first-order chi connectivity index (χ1) is 20.9. The van der Waals surface area contributed by atoms with E-state index in [1.165, 1.54) is 29.5 Å². The Labute approximate surface area is 255 Å². The van der Waals surface area contributed by atoms with Crippen molar-refractivity contribution in [2.45, 2.75) is 70.8 Å². The van der Waals surface area contributed by atoms with Crippen LogP contribution in [0.3, 0.4) is 0 Å². The Morgan fingerprint density at radius 1 is 0.643 bits per heavy atom. The van der Waals surface area contributed by atoms with Crippen LogP contribution in [-0.4, -0.2) is 79.2 Å². The number of hydrogen-bond acceptors (Lipinski definition) is 7. The second-order valence-electron chi connectivity index (χ2n) is 10.5. The number of ether oxygens (including phenoxy) is 6. The minimum Gasteiger partial charge on any atom is -0.381 e. The molecule has 0 heterocycles. The van der Waals surface area contributed by atoms with Gasteiger partial charge in [0, 0.05) is 26.4 Å². The van der Waals surface area contributed by atoms with Crippen molar-refractivity contribution in [1.82, 2.24) is 0 Å². The number of rotatable bonds is 30. The molecule has 0 unspecified atom stereocenters. The summed E-state index contributed by atoms with van der Waals surface area (Å²) in [6, 6.07) is 8.44. The quantitative estimate of drug-likeness (QED) is 0.101. The van der Waals surface area contributed by atoms with E-state index in [4.69, 9.17) is 34.2 Å². The Bertz CT molecular complexity index is 841. The van der Waals surface area contributed by atoms with Gasteiger partial charge in [-0.1, -0.05) is 54.2 Å². The number of hydrogen-bond donors (Lipinski definition) is 1. The highest BCUT2D eigenvalue weighted by molar-refractivity contribution is 5.50. The van der Waals surface area contributed by atoms with Crippen molar-refractivity contribution in [3.63, 3.8) is 0 Å². The molecule has 1 aromatic rings. The Morgan fingerprint density at radius 2 is 1.26 bits per heavy atom. The van der Waals surface area contributed by atoms with Crippen LogP contribution in [0.5, 0.6) is 0 Å². The van der Waals surface area contributed by atoms with Gasteiger partial charge in [0.05, 0.1) is 52.9 Å². The van der Waals surface area contributed by atoms with E-state index in [-0.39, 0.29) is 0 Å². The average molecular weight is 588 g/mol. The van der Waals surface area contributed by atoms with Gasteiger partial charge in [-0.2, -0.15) is 0 Å². The molecule has 0 radical (unpaired) electrons. The highest BCUT2D eigenvalue weighted by Crippen LogP contribution is 2.15. The average Bonchev–Trinajstić information content (AvgIpc) is 3.53. The van der Waals surface area contributed by atoms with Crippen molar-refractivity contribution < 1.29 is 28.4 Å². The predicted molar refractivity (Wildman–Crippen MR) is 172 cm³/mol. The summed E-state index contributed by atoms with van der Waals surface area (Å²) in [5, 5.41) is 0. The maximum Gasteiger partial charge on any atom is 0.0718 e. The highest BCUT2D eigenvalue weighted by atomic mass is 16.5. The third-order valence-electron chi connectivity index (χ3n) is 6.75. The summed E-state index contributed by atoms with van der Waals surface area (Å²) >= 11 is 0. The van der Waals surface area contributed by atoms with E-state index >= 15 is 0 Å². The Hall–Kier alpha value is -1.84. The lowest BCUT2D eigenvalue weighted by Crippen LogP contribution is -2.10. The van der Waals surface area contributed by atoms with Crippen molar-refractivity contribution in [3.05, 3.63) is 65.3 Å². The number of benzene rings is 1. The van der Waals surface area contributed by atoms with E-state index in [9.17, 15) is 0 Å². The summed E-state index contributed by atoms with van der Waals surface area (Å²) in [6.07, 6.45) is 21.8. The topological polar surface area (TPSA) is 81.4 Å². The van der Waals surface area contributed by atoms with Crippen LogP contribution < -0.4 is 5.73 Å². The lowest BCUT2D eigenvalue weighted by atomic mass is 10.1. The third-order valence-corrected chi connectivity index (χ3v) is 6.75. The first kappa shape index (κ1) is 36.4. The van der Waals surface area contributed by atoms with Gasteiger partial charge in [0.25, 0.3) is 0 Å². The van der Waals surface area contributed by atoms with Gasteiger partial charge in [-0.3, -0.25) is 0 Å². The fourth-order valence-corrected chi connectivity index (χ4v) is 4.37. The summed E-state index contributed by atoms with van der Waals surface area (Å²) in [6.45, 7) is 9.01. The molecule has 42 heavy (non-hydrogen) atoms. The van der Waals surface area contributed by atoms with Gasteiger partial charge >= 0.3 is 0 Å². The van der Waals surface area contributed by atoms with Crippen LogP contribution in [0.4, 0.5) is 0 Å². The summed E-state index contributed by atoms with van der Waals surface area (Å²) in [7, 11) is 0. The Morgan fingerprint density at radius 3 is 1.93 bits per heavy atom. The molecule has 0 saturated carbocycles. The van der Waals surface area contributed by atoms with Gasteiger partial charge in [-0.25, -0.2) is 0 Å². The van der Waals surface area contributed by atoms with Gasteiger partial charge in [-0.05, 0) is 87.9 Å². The standard InChI is InChI=1S/C35H57NO6/c36-19-6-11-24-37-22-10-5-16-34-17-12-18-35(31-34)32-42-30-29-39-21-8-1-7-20-38-25-27-41-28-26-40-23-9-4-15-33-13-2-3-14-33/h2,5,12-14,16-18,31H,1,3-4,6-11,15,19-30,32,36H2/b16-5+. The molecule has 1 aliphatic carbocycles. The van der Waals surface area contributed by atoms with Crippen LogP contribution >= 0.6 is 0 Å². The van der Waals surface area contributed by atoms with Crippen LogP contribution in [0.1, 0.15) is 75.3 Å². The molecule has 0 saturated heterocycles. The van der Waals surface area contributed by atoms with Crippen LogP contribution in [-0.2, 0) is 35.0 Å². The van der Waals surface area contributed by atoms with E-state index in [1.807, 2.05) is 0 Å². The highest BCUT2D eigenvalue weighted by Gasteiger charge is 1.99. The molecule has 1 aliphatic rings. The predicted octanol–water partition coefficient (Wildman–Crippen LogP) is 6.66. The molecule has 0 atom stereocenters. The Kier molecular flexibility index (Phi) is 24.2. The first-order valence-corrected chi connectivity index (χ1v) is 16.2. The second-order valence-corrected chi connectivity index (χ2v) is 10.5. The lowest BCUT2D eigenvalue weighted by Gasteiger charge is -2.08. The largest absolute Gasteiger partial charge is 0.381 e. The molecule has 7 heteroatoms. The van der Waals surface area contributed by atoms with Crippen LogP contribution in [0.15, 0.2) is 54.1 Å². The third kappa shape index (κ3) is 21.8. The van der Waals surface area contributed by atoms with Crippen molar-refractivity contribution in [2.75, 3.05) is 79.2 Å². The van der Waals surface area contributed by atoms with Gasteiger partial charge in [0.1, 0.15) is 0 Å². The van der Waals surface area contributed by atoms with Crippen LogP contribution in [0.25, 0.3) is 6.08 Å². The van der Waals surface area contributed by atoms with Crippen molar-refractivity contribution in [3.8, 4) is 0 Å². The monoisotopic (exact) mass is 587 g/mol. The zero-order valence-electron chi connectivity index (χ0n) is 26.0. The molecule has 7 nitrogen and oxygen atoms in total. The fraction of sp³-hybridized carbons (Fsp3) is 0.657. The maximum absolute atomic E-state index is 5.79. The second kappa shape index (κ2) is 28.0. The van der Waals surface area contributed by atoms with Crippen LogP contribution in [0.2, 0.25) is 0 Å². The van der Waals surface area contributed by atoms with Gasteiger partial charge in [0.15, 0.2) is 0 Å². The van der Waals surface area contributed by atoms with Gasteiger partial charge in [-0.15, -0.1) is 0 Å². The molecule has 0 bridgehead atoms. The zero-order chi connectivity index (χ0) is 29.6. The molecule has 1 aromatic carbocycles. The molecule has 0 aromatic heterocycles. The van der Waals surface area contributed by atoms with Crippen LogP contribution in [0, 0.1) is 0 Å². The number of unbranched alkanes of at least 4 members (excludes halogenated alkanes) is 4. The maximum atomic E-state index is 5.79. The number of allylic oxidation sites excluding steroid dienone is 4.